The van der Waals surface area contributed by atoms with E-state index in [1.807, 2.05) is 17.0 Å². The van der Waals surface area contributed by atoms with Crippen molar-refractivity contribution in [1.82, 2.24) is 19.9 Å². The number of aliphatic hydroxyl groups is 1. The summed E-state index contributed by atoms with van der Waals surface area (Å²) in [6, 6.07) is 8.35. The molecular formula is C20H19N5O3. The smallest absolute Gasteiger partial charge is 0.335 e. The Bertz CT molecular complexity index is 988. The van der Waals surface area contributed by atoms with Crippen LogP contribution in [0.4, 0.5) is 5.95 Å². The summed E-state index contributed by atoms with van der Waals surface area (Å²) in [6.45, 7) is 1.19. The van der Waals surface area contributed by atoms with E-state index in [0.29, 0.717) is 43.3 Å². The first kappa shape index (κ1) is 18.0. The third-order valence-electron chi connectivity index (χ3n) is 4.98. The van der Waals surface area contributed by atoms with Gasteiger partial charge < -0.3 is 15.1 Å². The highest BCUT2D eigenvalue weighted by Gasteiger charge is 2.34. The van der Waals surface area contributed by atoms with Gasteiger partial charge in [0.2, 0.25) is 5.95 Å². The molecule has 2 N–H and O–H groups in total. The summed E-state index contributed by atoms with van der Waals surface area (Å²) < 4.78 is 0. The van der Waals surface area contributed by atoms with Crippen molar-refractivity contribution in [3.8, 4) is 11.4 Å². The number of carboxylic acids is 1. The lowest BCUT2D eigenvalue weighted by atomic mass is 9.85. The molecule has 1 fully saturated rings. The third kappa shape index (κ3) is 3.54. The topological polar surface area (TPSA) is 112 Å². The summed E-state index contributed by atoms with van der Waals surface area (Å²) in [5, 5.41) is 20.1. The largest absolute Gasteiger partial charge is 0.478 e. The Morgan fingerprint density at radius 1 is 1.04 bits per heavy atom. The number of hydrogen-bond acceptors (Lipinski definition) is 7. The number of carbonyl (C=O) groups is 1. The molecule has 1 aliphatic heterocycles. The molecule has 0 saturated carbocycles. The van der Waals surface area contributed by atoms with E-state index in [4.69, 9.17) is 5.11 Å². The average molecular weight is 377 g/mol. The Morgan fingerprint density at radius 3 is 2.54 bits per heavy atom. The van der Waals surface area contributed by atoms with Gasteiger partial charge in [-0.25, -0.2) is 14.8 Å². The van der Waals surface area contributed by atoms with Crippen LogP contribution in [0.25, 0.3) is 11.4 Å². The van der Waals surface area contributed by atoms with Crippen LogP contribution in [0.1, 0.15) is 28.8 Å². The minimum absolute atomic E-state index is 0.157. The van der Waals surface area contributed by atoms with Crippen LogP contribution in [-0.2, 0) is 5.60 Å². The van der Waals surface area contributed by atoms with E-state index >= 15 is 0 Å². The molecule has 8 heteroatoms. The van der Waals surface area contributed by atoms with E-state index in [0.717, 1.165) is 5.56 Å². The maximum absolute atomic E-state index is 11.2. The Labute approximate surface area is 161 Å². The highest BCUT2D eigenvalue weighted by molar-refractivity contribution is 5.88. The van der Waals surface area contributed by atoms with Crippen molar-refractivity contribution in [3.05, 3.63) is 66.2 Å². The number of aromatic nitrogens is 4. The number of aromatic carboxylic acids is 1. The molecule has 1 saturated heterocycles. The number of piperidine rings is 1. The van der Waals surface area contributed by atoms with Crippen molar-refractivity contribution in [2.75, 3.05) is 18.0 Å². The molecule has 4 heterocycles. The minimum atomic E-state index is -1.01. The highest BCUT2D eigenvalue weighted by Crippen LogP contribution is 2.33. The van der Waals surface area contributed by atoms with Gasteiger partial charge in [0.25, 0.3) is 0 Å². The molecule has 4 rings (SSSR count). The SMILES string of the molecule is O=C(O)c1ccnc(-c2ccnc(N3CCC(O)(c4cccnc4)CC3)n2)c1. The van der Waals surface area contributed by atoms with Gasteiger partial charge >= 0.3 is 5.97 Å². The Hall–Kier alpha value is -3.39. The van der Waals surface area contributed by atoms with Gasteiger partial charge in [-0.3, -0.25) is 9.97 Å². The summed E-state index contributed by atoms with van der Waals surface area (Å²) in [4.78, 5) is 30.4. The van der Waals surface area contributed by atoms with E-state index in [1.54, 1.807) is 24.7 Å². The molecule has 3 aromatic heterocycles. The first-order valence-corrected chi connectivity index (χ1v) is 8.96. The van der Waals surface area contributed by atoms with Crippen LogP contribution < -0.4 is 4.90 Å². The normalized spacial score (nSPS) is 16.0. The quantitative estimate of drug-likeness (QED) is 0.711. The lowest BCUT2D eigenvalue weighted by Gasteiger charge is -2.38. The van der Waals surface area contributed by atoms with Gasteiger partial charge in [-0.1, -0.05) is 6.07 Å². The van der Waals surface area contributed by atoms with Crippen LogP contribution >= 0.6 is 0 Å². The maximum Gasteiger partial charge on any atom is 0.335 e. The van der Waals surface area contributed by atoms with Crippen LogP contribution in [0.5, 0.6) is 0 Å². The zero-order valence-electron chi connectivity index (χ0n) is 15.1. The van der Waals surface area contributed by atoms with E-state index in [9.17, 15) is 9.90 Å². The van der Waals surface area contributed by atoms with Crippen molar-refractivity contribution in [2.45, 2.75) is 18.4 Å². The average Bonchev–Trinajstić information content (AvgIpc) is 2.75. The molecule has 0 bridgehead atoms. The number of hydrogen-bond donors (Lipinski definition) is 2. The molecule has 0 aromatic carbocycles. The zero-order valence-corrected chi connectivity index (χ0v) is 15.1. The molecule has 8 nitrogen and oxygen atoms in total. The molecule has 0 unspecified atom stereocenters. The number of pyridine rings is 2. The first-order valence-electron chi connectivity index (χ1n) is 8.96. The summed E-state index contributed by atoms with van der Waals surface area (Å²) >= 11 is 0. The van der Waals surface area contributed by atoms with E-state index in [1.165, 1.54) is 18.3 Å². The van der Waals surface area contributed by atoms with E-state index in [-0.39, 0.29) is 5.56 Å². The second-order valence-corrected chi connectivity index (χ2v) is 6.74. The second kappa shape index (κ2) is 7.32. The minimum Gasteiger partial charge on any atom is -0.478 e. The van der Waals surface area contributed by atoms with Gasteiger partial charge in [0.15, 0.2) is 0 Å². The summed E-state index contributed by atoms with van der Waals surface area (Å²) in [5.41, 5.74) is 1.11. The lowest BCUT2D eigenvalue weighted by Crippen LogP contribution is -2.43. The van der Waals surface area contributed by atoms with Crippen molar-refractivity contribution >= 4 is 11.9 Å². The number of carboxylic acid groups (broad SMARTS) is 1. The van der Waals surface area contributed by atoms with Crippen LogP contribution in [0.15, 0.2) is 55.1 Å². The molecule has 0 amide bonds. The molecule has 3 aromatic rings. The summed E-state index contributed by atoms with van der Waals surface area (Å²) in [5.74, 6) is -0.475. The molecule has 0 radical (unpaired) electrons. The molecule has 1 aliphatic rings. The Balaban J connectivity index is 1.53. The third-order valence-corrected chi connectivity index (χ3v) is 4.98. The van der Waals surface area contributed by atoms with Crippen LogP contribution in [0.2, 0.25) is 0 Å². The molecule has 28 heavy (non-hydrogen) atoms. The molecule has 0 atom stereocenters. The monoisotopic (exact) mass is 377 g/mol. The summed E-state index contributed by atoms with van der Waals surface area (Å²) in [7, 11) is 0. The maximum atomic E-state index is 11.2. The van der Waals surface area contributed by atoms with Gasteiger partial charge in [-0.05, 0) is 37.1 Å². The predicted octanol–water partition coefficient (Wildman–Crippen LogP) is 2.12. The molecule has 0 spiro atoms. The predicted molar refractivity (Wildman–Crippen MR) is 102 cm³/mol. The van der Waals surface area contributed by atoms with Gasteiger partial charge in [0, 0.05) is 43.4 Å². The summed E-state index contributed by atoms with van der Waals surface area (Å²) in [6.07, 6.45) is 7.56. The lowest BCUT2D eigenvalue weighted by molar-refractivity contribution is 0.0112. The van der Waals surface area contributed by atoms with E-state index in [2.05, 4.69) is 19.9 Å². The van der Waals surface area contributed by atoms with Crippen molar-refractivity contribution < 1.29 is 15.0 Å². The van der Waals surface area contributed by atoms with Gasteiger partial charge in [-0.15, -0.1) is 0 Å². The molecular weight excluding hydrogens is 358 g/mol. The standard InChI is InChI=1S/C20H19N5O3/c26-18(27)14-3-8-22-17(12-14)16-4-9-23-19(24-16)25-10-5-20(28,6-11-25)15-2-1-7-21-13-15/h1-4,7-9,12-13,28H,5-6,10-11H2,(H,26,27). The highest BCUT2D eigenvalue weighted by atomic mass is 16.4. The fourth-order valence-corrected chi connectivity index (χ4v) is 3.35. The number of nitrogens with zero attached hydrogens (tertiary/aromatic N) is 5. The first-order chi connectivity index (χ1) is 13.5. The van der Waals surface area contributed by atoms with Gasteiger partial charge in [-0.2, -0.15) is 0 Å². The van der Waals surface area contributed by atoms with Crippen LogP contribution in [-0.4, -0.2) is 49.2 Å². The number of rotatable bonds is 4. The fourth-order valence-electron chi connectivity index (χ4n) is 3.35. The fraction of sp³-hybridized carbons (Fsp3) is 0.250. The molecule has 0 aliphatic carbocycles. The molecule has 142 valence electrons. The Kier molecular flexibility index (Phi) is 4.70. The van der Waals surface area contributed by atoms with Crippen LogP contribution in [0, 0.1) is 0 Å². The van der Waals surface area contributed by atoms with E-state index < -0.39 is 11.6 Å². The van der Waals surface area contributed by atoms with Gasteiger partial charge in [0.05, 0.1) is 22.6 Å². The number of anilines is 1. The Morgan fingerprint density at radius 2 is 1.82 bits per heavy atom. The van der Waals surface area contributed by atoms with Crippen molar-refractivity contribution in [3.63, 3.8) is 0 Å². The van der Waals surface area contributed by atoms with Crippen molar-refractivity contribution in [2.24, 2.45) is 0 Å². The van der Waals surface area contributed by atoms with Crippen molar-refractivity contribution in [1.29, 1.82) is 0 Å². The second-order valence-electron chi connectivity index (χ2n) is 6.74. The zero-order chi connectivity index (χ0) is 19.6. The van der Waals surface area contributed by atoms with Gasteiger partial charge in [0.1, 0.15) is 0 Å². The van der Waals surface area contributed by atoms with Crippen LogP contribution in [0.3, 0.4) is 0 Å².